The third-order valence-electron chi connectivity index (χ3n) is 7.28. The van der Waals surface area contributed by atoms with Crippen LogP contribution < -0.4 is 10.6 Å². The molecule has 1 aliphatic rings. The minimum absolute atomic E-state index is 0.0593. The third kappa shape index (κ3) is 8.55. The van der Waals surface area contributed by atoms with Crippen LogP contribution in [-0.2, 0) is 28.8 Å². The van der Waals surface area contributed by atoms with E-state index in [1.807, 2.05) is 54.6 Å². The van der Waals surface area contributed by atoms with Crippen LogP contribution in [-0.4, -0.2) is 51.2 Å². The monoisotopic (exact) mass is 560 g/mol. The highest BCUT2D eigenvalue weighted by atomic mass is 16.6. The number of nitrogens with one attached hydrogen (secondary N) is 2. The quantitative estimate of drug-likeness (QED) is 0.253. The van der Waals surface area contributed by atoms with Crippen LogP contribution in [0.5, 0.6) is 5.75 Å². The molecule has 218 valence electrons. The van der Waals surface area contributed by atoms with E-state index in [9.17, 15) is 24.9 Å². The molecular weight excluding hydrogens is 520 g/mol. The average molecular weight is 561 g/mol. The Balaban J connectivity index is 1.55. The summed E-state index contributed by atoms with van der Waals surface area (Å²) in [6, 6.07) is 22.4. The van der Waals surface area contributed by atoms with Crippen LogP contribution in [0.25, 0.3) is 0 Å². The fraction of sp³-hybridized carbons (Fsp3) is 0.394. The minimum Gasteiger partial charge on any atom is -0.508 e. The van der Waals surface area contributed by atoms with E-state index in [1.165, 1.54) is 0 Å². The molecule has 4 rings (SSSR count). The van der Waals surface area contributed by atoms with Gasteiger partial charge >= 0.3 is 6.09 Å². The largest absolute Gasteiger partial charge is 0.508 e. The van der Waals surface area contributed by atoms with Crippen molar-refractivity contribution in [3.05, 3.63) is 101 Å². The molecule has 2 amide bonds. The molecule has 41 heavy (non-hydrogen) atoms. The maximum absolute atomic E-state index is 13.7. The van der Waals surface area contributed by atoms with Gasteiger partial charge in [0.2, 0.25) is 5.91 Å². The zero-order valence-electron chi connectivity index (χ0n) is 23.8. The van der Waals surface area contributed by atoms with Gasteiger partial charge in [-0.25, -0.2) is 4.79 Å². The van der Waals surface area contributed by atoms with E-state index >= 15 is 0 Å². The zero-order chi connectivity index (χ0) is 29.6. The summed E-state index contributed by atoms with van der Waals surface area (Å²) in [6.07, 6.45) is -1.37. The van der Waals surface area contributed by atoms with Crippen molar-refractivity contribution in [1.29, 1.82) is 0 Å². The lowest BCUT2D eigenvalue weighted by atomic mass is 9.88. The third-order valence-corrected chi connectivity index (χ3v) is 7.28. The summed E-state index contributed by atoms with van der Waals surface area (Å²) >= 11 is 0. The Morgan fingerprint density at radius 2 is 1.56 bits per heavy atom. The van der Waals surface area contributed by atoms with Gasteiger partial charge in [0.25, 0.3) is 0 Å². The number of phenols is 1. The fourth-order valence-corrected chi connectivity index (χ4v) is 5.28. The normalized spacial score (nSPS) is 18.6. The fourth-order valence-electron chi connectivity index (χ4n) is 5.28. The first-order valence-electron chi connectivity index (χ1n) is 14.0. The number of ether oxygens (including phenoxy) is 1. The maximum Gasteiger partial charge on any atom is 0.407 e. The van der Waals surface area contributed by atoms with E-state index in [2.05, 4.69) is 10.6 Å². The molecule has 0 saturated heterocycles. The van der Waals surface area contributed by atoms with Crippen molar-refractivity contribution >= 4 is 12.0 Å². The number of phenolic OH excluding ortho intramolecular Hbond substituents is 1. The van der Waals surface area contributed by atoms with Gasteiger partial charge < -0.3 is 30.7 Å². The number of hydrogen-bond donors (Lipinski definition) is 5. The van der Waals surface area contributed by atoms with Crippen molar-refractivity contribution in [2.45, 2.75) is 76.3 Å². The highest BCUT2D eigenvalue weighted by Gasteiger charge is 2.35. The summed E-state index contributed by atoms with van der Waals surface area (Å²) in [6.45, 7) is 5.27. The second-order valence-electron chi connectivity index (χ2n) is 11.8. The van der Waals surface area contributed by atoms with E-state index < -0.39 is 41.9 Å². The van der Waals surface area contributed by atoms with E-state index in [0.717, 1.165) is 22.3 Å². The molecule has 8 nitrogen and oxygen atoms in total. The topological polar surface area (TPSA) is 128 Å². The molecule has 8 heteroatoms. The van der Waals surface area contributed by atoms with Gasteiger partial charge in [0.15, 0.2) is 0 Å². The summed E-state index contributed by atoms with van der Waals surface area (Å²) in [5.41, 5.74) is 2.89. The molecule has 1 unspecified atom stereocenters. The van der Waals surface area contributed by atoms with E-state index in [1.54, 1.807) is 45.0 Å². The molecule has 0 saturated carbocycles. The number of aliphatic hydroxyl groups is 2. The van der Waals surface area contributed by atoms with Crippen molar-refractivity contribution in [1.82, 2.24) is 10.6 Å². The van der Waals surface area contributed by atoms with Gasteiger partial charge in [0.05, 0.1) is 24.3 Å². The van der Waals surface area contributed by atoms with Gasteiger partial charge in [0, 0.05) is 12.3 Å². The van der Waals surface area contributed by atoms with Crippen molar-refractivity contribution in [2.75, 3.05) is 0 Å². The molecule has 0 aliphatic heterocycles. The SMILES string of the molecule is CC(C)(C)OC(=O)N[C@@H](Cc1ccc(O)cc1)[C@@H](O)C[C@H](Cc1ccccc1)C(=O)NC1c2ccccc2C[C@H]1O. The van der Waals surface area contributed by atoms with Gasteiger partial charge in [-0.1, -0.05) is 66.7 Å². The van der Waals surface area contributed by atoms with Crippen molar-refractivity contribution in [3.63, 3.8) is 0 Å². The van der Waals surface area contributed by atoms with Crippen LogP contribution in [0.3, 0.4) is 0 Å². The number of rotatable bonds is 10. The van der Waals surface area contributed by atoms with Crippen molar-refractivity contribution in [3.8, 4) is 5.75 Å². The smallest absolute Gasteiger partial charge is 0.407 e. The predicted molar refractivity (Wildman–Crippen MR) is 156 cm³/mol. The predicted octanol–water partition coefficient (Wildman–Crippen LogP) is 4.21. The molecule has 3 aromatic rings. The van der Waals surface area contributed by atoms with Gasteiger partial charge in [-0.05, 0) is 74.4 Å². The van der Waals surface area contributed by atoms with Gasteiger partial charge in [-0.3, -0.25) is 4.79 Å². The first-order chi connectivity index (χ1) is 19.5. The molecule has 0 fully saturated rings. The molecule has 0 aromatic heterocycles. The molecule has 0 heterocycles. The Morgan fingerprint density at radius 1 is 0.927 bits per heavy atom. The second kappa shape index (κ2) is 13.2. The average Bonchev–Trinajstić information content (AvgIpc) is 3.23. The lowest BCUT2D eigenvalue weighted by molar-refractivity contribution is -0.127. The van der Waals surface area contributed by atoms with Gasteiger partial charge in [-0.15, -0.1) is 0 Å². The molecular formula is C33H40N2O6. The highest BCUT2D eigenvalue weighted by Crippen LogP contribution is 2.32. The molecule has 5 N–H and O–H groups in total. The summed E-state index contributed by atoms with van der Waals surface area (Å²) in [7, 11) is 0. The number of alkyl carbamates (subject to hydrolysis) is 1. The molecule has 0 spiro atoms. The number of benzene rings is 3. The molecule has 3 aromatic carbocycles. The van der Waals surface area contributed by atoms with Gasteiger partial charge in [0.1, 0.15) is 11.4 Å². The number of carbonyl (C=O) groups excluding carboxylic acids is 2. The second-order valence-corrected chi connectivity index (χ2v) is 11.8. The van der Waals surface area contributed by atoms with Crippen molar-refractivity contribution in [2.24, 2.45) is 5.92 Å². The van der Waals surface area contributed by atoms with Crippen LogP contribution in [0.1, 0.15) is 55.5 Å². The number of amides is 2. The number of aromatic hydroxyl groups is 1. The van der Waals surface area contributed by atoms with Crippen LogP contribution in [0.2, 0.25) is 0 Å². The minimum atomic E-state index is -1.10. The number of carbonyl (C=O) groups is 2. The summed E-state index contributed by atoms with van der Waals surface area (Å²) in [5, 5.41) is 37.7. The van der Waals surface area contributed by atoms with Crippen LogP contribution >= 0.6 is 0 Å². The highest BCUT2D eigenvalue weighted by molar-refractivity contribution is 5.80. The van der Waals surface area contributed by atoms with Crippen LogP contribution in [0, 0.1) is 5.92 Å². The van der Waals surface area contributed by atoms with Crippen LogP contribution in [0.15, 0.2) is 78.9 Å². The first-order valence-corrected chi connectivity index (χ1v) is 14.0. The molecule has 5 atom stereocenters. The first kappa shape index (κ1) is 30.1. The lowest BCUT2D eigenvalue weighted by Gasteiger charge is -2.29. The standard InChI is InChI=1S/C33H40N2O6/c1-33(2,3)41-32(40)34-27(18-22-13-15-25(36)16-14-22)28(37)20-24(17-21-9-5-4-6-10-21)31(39)35-30-26-12-8-7-11-23(26)19-29(30)38/h4-16,24,27-30,36-38H,17-20H2,1-3H3,(H,34,40)(H,35,39)/t24-,27-,28-,29+,30?/m0/s1. The zero-order valence-corrected chi connectivity index (χ0v) is 23.8. The summed E-state index contributed by atoms with van der Waals surface area (Å²) in [5.74, 6) is -0.814. The summed E-state index contributed by atoms with van der Waals surface area (Å²) in [4.78, 5) is 26.5. The van der Waals surface area contributed by atoms with Gasteiger partial charge in [-0.2, -0.15) is 0 Å². The van der Waals surface area contributed by atoms with E-state index in [4.69, 9.17) is 4.74 Å². The number of aliphatic hydroxyl groups excluding tert-OH is 2. The Morgan fingerprint density at radius 3 is 2.24 bits per heavy atom. The van der Waals surface area contributed by atoms with E-state index in [0.29, 0.717) is 12.8 Å². The maximum atomic E-state index is 13.7. The Hall–Kier alpha value is -3.88. The Kier molecular flexibility index (Phi) is 9.68. The number of hydrogen-bond acceptors (Lipinski definition) is 6. The summed E-state index contributed by atoms with van der Waals surface area (Å²) < 4.78 is 5.45. The molecule has 1 aliphatic carbocycles. The molecule has 0 radical (unpaired) electrons. The number of fused-ring (bicyclic) bond motifs is 1. The lowest BCUT2D eigenvalue weighted by Crippen LogP contribution is -2.48. The molecule has 0 bridgehead atoms. The Labute approximate surface area is 241 Å². The Bertz CT molecular complexity index is 1310. The van der Waals surface area contributed by atoms with Crippen LogP contribution in [0.4, 0.5) is 4.79 Å². The van der Waals surface area contributed by atoms with Crippen molar-refractivity contribution < 1.29 is 29.6 Å². The van der Waals surface area contributed by atoms with E-state index in [-0.39, 0.29) is 24.5 Å².